The molecule has 112 valence electrons. The maximum Gasteiger partial charge on any atom is 0.166 e. The second-order valence-electron chi connectivity index (χ2n) is 5.28. The van der Waals surface area contributed by atoms with Crippen LogP contribution in [0.5, 0.6) is 11.5 Å². The van der Waals surface area contributed by atoms with Crippen molar-refractivity contribution in [1.29, 1.82) is 0 Å². The summed E-state index contributed by atoms with van der Waals surface area (Å²) in [5.74, 6) is 1.50. The highest BCUT2D eigenvalue weighted by Crippen LogP contribution is 2.34. The van der Waals surface area contributed by atoms with E-state index in [0.717, 1.165) is 55.8 Å². The van der Waals surface area contributed by atoms with E-state index in [4.69, 9.17) is 9.47 Å². The van der Waals surface area contributed by atoms with Crippen molar-refractivity contribution in [2.45, 2.75) is 51.4 Å². The van der Waals surface area contributed by atoms with E-state index in [-0.39, 0.29) is 12.2 Å². The van der Waals surface area contributed by atoms with E-state index in [0.29, 0.717) is 0 Å². The van der Waals surface area contributed by atoms with Gasteiger partial charge in [0.15, 0.2) is 11.5 Å². The van der Waals surface area contributed by atoms with Gasteiger partial charge in [0.25, 0.3) is 0 Å². The van der Waals surface area contributed by atoms with E-state index in [2.05, 4.69) is 12.2 Å². The third kappa shape index (κ3) is 3.64. The minimum absolute atomic E-state index is 0.115. The molecular weight excluding hydrogens is 254 g/mol. The first-order valence-corrected chi connectivity index (χ1v) is 7.47. The van der Waals surface area contributed by atoms with Crippen LogP contribution >= 0.6 is 0 Å². The molecule has 0 aromatic heterocycles. The molecule has 0 spiro atoms. The Labute approximate surface area is 121 Å². The minimum Gasteiger partial charge on any atom is -0.493 e. The summed E-state index contributed by atoms with van der Waals surface area (Å²) < 4.78 is 11.5. The van der Waals surface area contributed by atoms with E-state index in [1.54, 1.807) is 7.11 Å². The maximum atomic E-state index is 9.94. The number of para-hydroxylation sites is 1. The summed E-state index contributed by atoms with van der Waals surface area (Å²) in [6, 6.07) is 5.92. The van der Waals surface area contributed by atoms with Crippen LogP contribution in [0, 0.1) is 0 Å². The predicted molar refractivity (Wildman–Crippen MR) is 79.3 cm³/mol. The van der Waals surface area contributed by atoms with E-state index < -0.39 is 0 Å². The van der Waals surface area contributed by atoms with Gasteiger partial charge < -0.3 is 19.9 Å². The van der Waals surface area contributed by atoms with E-state index in [1.165, 1.54) is 0 Å². The molecule has 2 atom stereocenters. The first-order chi connectivity index (χ1) is 9.76. The Kier molecular flexibility index (Phi) is 5.68. The van der Waals surface area contributed by atoms with Crippen molar-refractivity contribution in [2.24, 2.45) is 0 Å². The number of ether oxygens (including phenoxy) is 2. The summed E-state index contributed by atoms with van der Waals surface area (Å²) in [4.78, 5) is 0. The van der Waals surface area contributed by atoms with Crippen molar-refractivity contribution in [3.05, 3.63) is 23.8 Å². The molecule has 0 radical (unpaired) electrons. The number of hydrogen-bond acceptors (Lipinski definition) is 4. The largest absolute Gasteiger partial charge is 0.493 e. The second kappa shape index (κ2) is 7.50. The van der Waals surface area contributed by atoms with Crippen molar-refractivity contribution in [3.63, 3.8) is 0 Å². The Hall–Kier alpha value is -1.26. The third-order valence-electron chi connectivity index (χ3n) is 3.71. The molecule has 2 unspecified atom stereocenters. The molecule has 1 aliphatic carbocycles. The van der Waals surface area contributed by atoms with Crippen LogP contribution in [0.3, 0.4) is 0 Å². The molecule has 1 aliphatic rings. The van der Waals surface area contributed by atoms with E-state index in [1.807, 2.05) is 18.2 Å². The summed E-state index contributed by atoms with van der Waals surface area (Å²) in [6.45, 7) is 3.87. The molecule has 4 nitrogen and oxygen atoms in total. The highest BCUT2D eigenvalue weighted by Gasteiger charge is 2.28. The first kappa shape index (κ1) is 15.1. The molecule has 0 heterocycles. The molecule has 0 bridgehead atoms. The molecule has 4 heteroatoms. The number of hydrogen-bond donors (Lipinski definition) is 2. The van der Waals surface area contributed by atoms with Gasteiger partial charge >= 0.3 is 0 Å². The van der Waals surface area contributed by atoms with Crippen molar-refractivity contribution in [3.8, 4) is 11.5 Å². The lowest BCUT2D eigenvalue weighted by Crippen LogP contribution is -2.26. The number of aliphatic hydroxyl groups is 1. The van der Waals surface area contributed by atoms with E-state index >= 15 is 0 Å². The molecule has 1 aromatic rings. The van der Waals surface area contributed by atoms with Crippen LogP contribution in [-0.4, -0.2) is 31.0 Å². The van der Waals surface area contributed by atoms with Crippen LogP contribution in [0.25, 0.3) is 0 Å². The average Bonchev–Trinajstić information content (AvgIpc) is 2.86. The van der Waals surface area contributed by atoms with Crippen LogP contribution in [0.15, 0.2) is 18.2 Å². The lowest BCUT2D eigenvalue weighted by molar-refractivity contribution is 0.0579. The number of nitrogens with one attached hydrogen (secondary N) is 1. The highest BCUT2D eigenvalue weighted by atomic mass is 16.5. The predicted octanol–water partition coefficient (Wildman–Crippen LogP) is 2.49. The fourth-order valence-corrected chi connectivity index (χ4v) is 2.59. The van der Waals surface area contributed by atoms with Crippen molar-refractivity contribution in [2.75, 3.05) is 13.7 Å². The van der Waals surface area contributed by atoms with Gasteiger partial charge in [-0.15, -0.1) is 0 Å². The van der Waals surface area contributed by atoms with Gasteiger partial charge in [0.05, 0.1) is 13.2 Å². The smallest absolute Gasteiger partial charge is 0.166 e. The summed E-state index contributed by atoms with van der Waals surface area (Å²) in [5.41, 5.74) is 1.08. The zero-order valence-corrected chi connectivity index (χ0v) is 12.4. The van der Waals surface area contributed by atoms with Gasteiger partial charge in [0, 0.05) is 12.1 Å². The minimum atomic E-state index is -0.364. The fourth-order valence-electron chi connectivity index (χ4n) is 2.59. The van der Waals surface area contributed by atoms with Crippen molar-refractivity contribution >= 4 is 0 Å². The molecule has 20 heavy (non-hydrogen) atoms. The van der Waals surface area contributed by atoms with Gasteiger partial charge in [0.1, 0.15) is 6.10 Å². The number of methoxy groups -OCH3 is 1. The molecule has 2 rings (SSSR count). The molecule has 0 saturated heterocycles. The maximum absolute atomic E-state index is 9.94. The lowest BCUT2D eigenvalue weighted by Gasteiger charge is -2.21. The Morgan fingerprint density at radius 1 is 1.35 bits per heavy atom. The van der Waals surface area contributed by atoms with Gasteiger partial charge in [0.2, 0.25) is 0 Å². The Balaban J connectivity index is 2.14. The summed E-state index contributed by atoms with van der Waals surface area (Å²) in [6.07, 6.45) is 3.36. The average molecular weight is 279 g/mol. The number of benzene rings is 1. The van der Waals surface area contributed by atoms with Crippen LogP contribution in [0.1, 0.15) is 38.2 Å². The monoisotopic (exact) mass is 279 g/mol. The van der Waals surface area contributed by atoms with Crippen molar-refractivity contribution < 1.29 is 14.6 Å². The summed E-state index contributed by atoms with van der Waals surface area (Å²) >= 11 is 0. The molecule has 1 aromatic carbocycles. The number of aliphatic hydroxyl groups excluding tert-OH is 1. The third-order valence-corrected chi connectivity index (χ3v) is 3.71. The van der Waals surface area contributed by atoms with Gasteiger partial charge in [-0.25, -0.2) is 0 Å². The molecule has 0 amide bonds. The number of rotatable bonds is 7. The zero-order chi connectivity index (χ0) is 14.4. The van der Waals surface area contributed by atoms with Crippen LogP contribution in [-0.2, 0) is 6.54 Å². The molecular formula is C16H25NO3. The van der Waals surface area contributed by atoms with Crippen LogP contribution in [0.4, 0.5) is 0 Å². The molecule has 2 N–H and O–H groups in total. The second-order valence-corrected chi connectivity index (χ2v) is 5.28. The standard InChI is InChI=1S/C16H25NO3/c1-3-10-17-11-12-6-4-9-15(19-2)16(12)20-14-8-5-7-13(14)18/h4,6,9,13-14,17-18H,3,5,7-8,10-11H2,1-2H3. The van der Waals surface area contributed by atoms with E-state index in [9.17, 15) is 5.11 Å². The van der Waals surface area contributed by atoms with Gasteiger partial charge in [-0.2, -0.15) is 0 Å². The Bertz CT molecular complexity index is 422. The quantitative estimate of drug-likeness (QED) is 0.753. The first-order valence-electron chi connectivity index (χ1n) is 7.47. The molecule has 0 aliphatic heterocycles. The van der Waals surface area contributed by atoms with Crippen molar-refractivity contribution in [1.82, 2.24) is 5.32 Å². The topological polar surface area (TPSA) is 50.7 Å². The molecule has 1 saturated carbocycles. The Morgan fingerprint density at radius 3 is 2.85 bits per heavy atom. The zero-order valence-electron chi connectivity index (χ0n) is 12.4. The van der Waals surface area contributed by atoms with Crippen LogP contribution in [0.2, 0.25) is 0 Å². The summed E-state index contributed by atoms with van der Waals surface area (Å²) in [5, 5.41) is 13.3. The van der Waals surface area contributed by atoms with Crippen LogP contribution < -0.4 is 14.8 Å². The summed E-state index contributed by atoms with van der Waals surface area (Å²) in [7, 11) is 1.65. The Morgan fingerprint density at radius 2 is 2.20 bits per heavy atom. The van der Waals surface area contributed by atoms with Gasteiger partial charge in [-0.3, -0.25) is 0 Å². The SMILES string of the molecule is CCCNCc1cccc(OC)c1OC1CCCC1O. The molecule has 1 fully saturated rings. The van der Waals surface area contributed by atoms with Gasteiger partial charge in [-0.1, -0.05) is 19.1 Å². The highest BCUT2D eigenvalue weighted by molar-refractivity contribution is 5.46. The fraction of sp³-hybridized carbons (Fsp3) is 0.625. The van der Waals surface area contributed by atoms with Gasteiger partial charge in [-0.05, 0) is 38.3 Å². The normalized spacial score (nSPS) is 21.9. The lowest BCUT2D eigenvalue weighted by atomic mass is 10.1.